The summed E-state index contributed by atoms with van der Waals surface area (Å²) in [7, 11) is 0. The van der Waals surface area contributed by atoms with Crippen molar-refractivity contribution >= 4 is 34.4 Å². The molecule has 2 amide bonds. The van der Waals surface area contributed by atoms with E-state index in [0.29, 0.717) is 5.69 Å². The number of fused-ring (bicyclic) bond motifs is 1. The summed E-state index contributed by atoms with van der Waals surface area (Å²) >= 11 is 0. The summed E-state index contributed by atoms with van der Waals surface area (Å²) in [6.45, 7) is 2.07. The number of para-hydroxylation sites is 1. The van der Waals surface area contributed by atoms with E-state index in [1.807, 2.05) is 24.3 Å². The summed E-state index contributed by atoms with van der Waals surface area (Å²) < 4.78 is 21.4. The third kappa shape index (κ3) is 3.96. The molecule has 10 heteroatoms. The monoisotopic (exact) mass is 398 g/mol. The van der Waals surface area contributed by atoms with Gasteiger partial charge in [-0.1, -0.05) is 17.3 Å². The van der Waals surface area contributed by atoms with Gasteiger partial charge in [-0.2, -0.15) is 0 Å². The average Bonchev–Trinajstić information content (AvgIpc) is 3.29. The predicted octanol–water partition coefficient (Wildman–Crippen LogP) is 2.10. The SMILES string of the molecule is CC(=O)NC[C@H]1CN(c2ccc(NCn3nnc4ccccc43)c(F)c2)C(=O)O1. The maximum atomic E-state index is 14.6. The molecule has 1 aromatic heterocycles. The molecule has 0 unspecified atom stereocenters. The highest BCUT2D eigenvalue weighted by Gasteiger charge is 2.32. The molecule has 2 heterocycles. The molecule has 1 aliphatic rings. The Kier molecular flexibility index (Phi) is 4.98. The van der Waals surface area contributed by atoms with Crippen molar-refractivity contribution in [2.75, 3.05) is 23.3 Å². The van der Waals surface area contributed by atoms with Gasteiger partial charge in [0.25, 0.3) is 0 Å². The first-order valence-corrected chi connectivity index (χ1v) is 9.05. The van der Waals surface area contributed by atoms with Gasteiger partial charge in [-0.25, -0.2) is 13.9 Å². The molecule has 0 saturated carbocycles. The molecule has 1 atom stereocenters. The highest BCUT2D eigenvalue weighted by molar-refractivity contribution is 5.90. The number of ether oxygens (including phenoxy) is 1. The zero-order valence-electron chi connectivity index (χ0n) is 15.6. The van der Waals surface area contributed by atoms with Gasteiger partial charge >= 0.3 is 6.09 Å². The Morgan fingerprint density at radius 3 is 2.93 bits per heavy atom. The number of hydrogen-bond acceptors (Lipinski definition) is 6. The van der Waals surface area contributed by atoms with Crippen molar-refractivity contribution < 1.29 is 18.7 Å². The van der Waals surface area contributed by atoms with Gasteiger partial charge in [0.1, 0.15) is 24.1 Å². The molecule has 1 saturated heterocycles. The standard InChI is InChI=1S/C19H19FN6O3/c1-12(27)21-9-14-10-25(19(28)29-14)13-6-7-16(15(20)8-13)22-11-26-18-5-3-2-4-17(18)23-24-26/h2-8,14,22H,9-11H2,1H3,(H,21,27)/t14-/m0/s1. The molecule has 0 bridgehead atoms. The van der Waals surface area contributed by atoms with Crippen molar-refractivity contribution in [1.29, 1.82) is 0 Å². The molecule has 1 aliphatic heterocycles. The van der Waals surface area contributed by atoms with Crippen molar-refractivity contribution in [3.8, 4) is 0 Å². The van der Waals surface area contributed by atoms with Crippen molar-refractivity contribution in [2.24, 2.45) is 0 Å². The van der Waals surface area contributed by atoms with Crippen LogP contribution in [-0.4, -0.2) is 46.2 Å². The number of halogens is 1. The first-order chi connectivity index (χ1) is 14.0. The number of rotatable bonds is 6. The Morgan fingerprint density at radius 1 is 1.31 bits per heavy atom. The Balaban J connectivity index is 1.43. The highest BCUT2D eigenvalue weighted by Crippen LogP contribution is 2.26. The molecule has 0 aliphatic carbocycles. The van der Waals surface area contributed by atoms with Crippen LogP contribution in [0.25, 0.3) is 11.0 Å². The van der Waals surface area contributed by atoms with E-state index < -0.39 is 18.0 Å². The maximum absolute atomic E-state index is 14.6. The predicted molar refractivity (Wildman–Crippen MR) is 104 cm³/mol. The van der Waals surface area contributed by atoms with Crippen molar-refractivity contribution in [3.63, 3.8) is 0 Å². The molecule has 0 radical (unpaired) electrons. The van der Waals surface area contributed by atoms with Crippen LogP contribution < -0.4 is 15.5 Å². The Morgan fingerprint density at radius 2 is 2.14 bits per heavy atom. The van der Waals surface area contributed by atoms with Crippen LogP contribution in [-0.2, 0) is 16.2 Å². The Hall–Kier alpha value is -3.69. The molecule has 9 nitrogen and oxygen atoms in total. The van der Waals surface area contributed by atoms with Crippen LogP contribution in [0.4, 0.5) is 20.6 Å². The molecule has 150 valence electrons. The lowest BCUT2D eigenvalue weighted by Gasteiger charge is -2.15. The van der Waals surface area contributed by atoms with E-state index >= 15 is 0 Å². The van der Waals surface area contributed by atoms with E-state index in [1.165, 1.54) is 17.9 Å². The van der Waals surface area contributed by atoms with E-state index in [2.05, 4.69) is 20.9 Å². The summed E-state index contributed by atoms with van der Waals surface area (Å²) in [5.41, 5.74) is 2.25. The second-order valence-corrected chi connectivity index (χ2v) is 6.63. The van der Waals surface area contributed by atoms with Gasteiger partial charge in [-0.3, -0.25) is 9.69 Å². The van der Waals surface area contributed by atoms with Gasteiger partial charge in [0.2, 0.25) is 5.91 Å². The molecule has 29 heavy (non-hydrogen) atoms. The van der Waals surface area contributed by atoms with Crippen molar-refractivity contribution in [3.05, 3.63) is 48.3 Å². The smallest absolute Gasteiger partial charge is 0.414 e. The van der Waals surface area contributed by atoms with Crippen LogP contribution in [0.1, 0.15) is 6.92 Å². The second kappa shape index (κ2) is 7.74. The molecular formula is C19H19FN6O3. The molecular weight excluding hydrogens is 379 g/mol. The molecule has 2 N–H and O–H groups in total. The topological polar surface area (TPSA) is 101 Å². The van der Waals surface area contributed by atoms with Crippen LogP contribution in [0, 0.1) is 5.82 Å². The van der Waals surface area contributed by atoms with E-state index in [9.17, 15) is 14.0 Å². The number of cyclic esters (lactones) is 1. The highest BCUT2D eigenvalue weighted by atomic mass is 19.1. The van der Waals surface area contributed by atoms with Crippen LogP contribution in [0.15, 0.2) is 42.5 Å². The summed E-state index contributed by atoms with van der Waals surface area (Å²) in [5.74, 6) is -0.717. The van der Waals surface area contributed by atoms with Gasteiger partial charge in [-0.05, 0) is 30.3 Å². The number of nitrogens with one attached hydrogen (secondary N) is 2. The molecule has 4 rings (SSSR count). The minimum atomic E-state index is -0.574. The zero-order valence-corrected chi connectivity index (χ0v) is 15.6. The molecule has 3 aromatic rings. The first kappa shape index (κ1) is 18.7. The van der Waals surface area contributed by atoms with Crippen LogP contribution >= 0.6 is 0 Å². The zero-order chi connectivity index (χ0) is 20.4. The maximum Gasteiger partial charge on any atom is 0.414 e. The second-order valence-electron chi connectivity index (χ2n) is 6.63. The van der Waals surface area contributed by atoms with Gasteiger partial charge in [0, 0.05) is 6.92 Å². The van der Waals surface area contributed by atoms with Crippen molar-refractivity contribution in [1.82, 2.24) is 20.3 Å². The number of carbonyl (C=O) groups is 2. The van der Waals surface area contributed by atoms with E-state index in [4.69, 9.17) is 4.74 Å². The van der Waals surface area contributed by atoms with E-state index in [-0.39, 0.29) is 31.4 Å². The van der Waals surface area contributed by atoms with Gasteiger partial charge in [0.05, 0.1) is 30.0 Å². The third-order valence-electron chi connectivity index (χ3n) is 4.56. The minimum Gasteiger partial charge on any atom is -0.442 e. The number of benzene rings is 2. The largest absolute Gasteiger partial charge is 0.442 e. The molecule has 1 fully saturated rings. The molecule has 0 spiro atoms. The lowest BCUT2D eigenvalue weighted by molar-refractivity contribution is -0.119. The summed E-state index contributed by atoms with van der Waals surface area (Å²) in [6, 6.07) is 11.9. The number of carbonyl (C=O) groups excluding carboxylic acids is 2. The van der Waals surface area contributed by atoms with Gasteiger partial charge in [-0.15, -0.1) is 5.10 Å². The Labute approximate surface area is 165 Å². The van der Waals surface area contributed by atoms with Crippen LogP contribution in [0.5, 0.6) is 0 Å². The first-order valence-electron chi connectivity index (χ1n) is 9.05. The average molecular weight is 398 g/mol. The lowest BCUT2D eigenvalue weighted by atomic mass is 10.2. The van der Waals surface area contributed by atoms with Crippen molar-refractivity contribution in [2.45, 2.75) is 19.7 Å². The Bertz CT molecular complexity index is 1070. The fourth-order valence-electron chi connectivity index (χ4n) is 3.11. The summed E-state index contributed by atoms with van der Waals surface area (Å²) in [4.78, 5) is 24.4. The number of hydrogen-bond donors (Lipinski definition) is 2. The number of anilines is 2. The summed E-state index contributed by atoms with van der Waals surface area (Å²) in [5, 5.41) is 13.7. The lowest BCUT2D eigenvalue weighted by Crippen LogP contribution is -2.33. The minimum absolute atomic E-state index is 0.207. The van der Waals surface area contributed by atoms with Crippen LogP contribution in [0.2, 0.25) is 0 Å². The third-order valence-corrected chi connectivity index (χ3v) is 4.56. The quantitative estimate of drug-likeness (QED) is 0.660. The molecule has 2 aromatic carbocycles. The van der Waals surface area contributed by atoms with E-state index in [0.717, 1.165) is 11.0 Å². The van der Waals surface area contributed by atoms with Gasteiger partial charge in [0.15, 0.2) is 0 Å². The normalized spacial score (nSPS) is 16.1. The fraction of sp³-hybridized carbons (Fsp3) is 0.263. The number of aromatic nitrogens is 3. The van der Waals surface area contributed by atoms with E-state index in [1.54, 1.807) is 16.8 Å². The summed E-state index contributed by atoms with van der Waals surface area (Å²) in [6.07, 6.45) is -1.05. The number of amides is 2. The number of nitrogens with zero attached hydrogens (tertiary/aromatic N) is 4. The van der Waals surface area contributed by atoms with Crippen LogP contribution in [0.3, 0.4) is 0 Å². The van der Waals surface area contributed by atoms with Gasteiger partial charge < -0.3 is 15.4 Å². The fourth-order valence-corrected chi connectivity index (χ4v) is 3.11.